The summed E-state index contributed by atoms with van der Waals surface area (Å²) in [5, 5.41) is 3.10. The fourth-order valence-corrected chi connectivity index (χ4v) is 5.51. The summed E-state index contributed by atoms with van der Waals surface area (Å²) in [5.74, 6) is 1.25. The van der Waals surface area contributed by atoms with Crippen molar-refractivity contribution in [2.45, 2.75) is 27.4 Å². The van der Waals surface area contributed by atoms with Gasteiger partial charge in [-0.25, -0.2) is 0 Å². The molecule has 3 aromatic carbocycles. The number of ether oxygens (including phenoxy) is 2. The first-order chi connectivity index (χ1) is 16.5. The highest BCUT2D eigenvalue weighted by Crippen LogP contribution is 2.40. The van der Waals surface area contributed by atoms with E-state index in [1.54, 1.807) is 4.90 Å². The van der Waals surface area contributed by atoms with Gasteiger partial charge < -0.3 is 9.47 Å². The van der Waals surface area contributed by atoms with Crippen molar-refractivity contribution < 1.29 is 14.3 Å². The largest absolute Gasteiger partial charge is 0.490 e. The predicted octanol–water partition coefficient (Wildman–Crippen LogP) is 6.89. The van der Waals surface area contributed by atoms with E-state index in [9.17, 15) is 4.79 Å². The average Bonchev–Trinajstić information content (AvgIpc) is 3.12. The van der Waals surface area contributed by atoms with Crippen LogP contribution < -0.4 is 9.47 Å². The Bertz CT molecular complexity index is 1270. The third-order valence-electron chi connectivity index (χ3n) is 5.38. The van der Waals surface area contributed by atoms with E-state index in [0.717, 1.165) is 20.8 Å². The molecule has 34 heavy (non-hydrogen) atoms. The van der Waals surface area contributed by atoms with Crippen LogP contribution in [0, 0.1) is 0 Å². The van der Waals surface area contributed by atoms with Gasteiger partial charge in [0.1, 0.15) is 6.61 Å². The average molecular weight is 539 g/mol. The molecule has 0 aliphatic carbocycles. The van der Waals surface area contributed by atoms with E-state index in [1.165, 1.54) is 22.5 Å². The Labute approximate surface area is 213 Å². The molecule has 0 radical (unpaired) electrons. The minimum absolute atomic E-state index is 0.0231. The molecule has 176 valence electrons. The third-order valence-corrected chi connectivity index (χ3v) is 7.01. The fourth-order valence-electron chi connectivity index (χ4n) is 3.83. The van der Waals surface area contributed by atoms with Gasteiger partial charge in [-0.1, -0.05) is 42.5 Å². The molecule has 1 heterocycles. The Hall–Kier alpha value is -2.77. The van der Waals surface area contributed by atoms with Gasteiger partial charge in [0, 0.05) is 13.1 Å². The van der Waals surface area contributed by atoms with Gasteiger partial charge in [-0.05, 0) is 88.6 Å². The zero-order valence-electron chi connectivity index (χ0n) is 19.5. The van der Waals surface area contributed by atoms with Crippen LogP contribution in [0.25, 0.3) is 16.8 Å². The van der Waals surface area contributed by atoms with Gasteiger partial charge in [0.15, 0.2) is 16.7 Å². The number of aliphatic imine (C=N–C) groups is 1. The lowest BCUT2D eigenvalue weighted by molar-refractivity contribution is -0.122. The van der Waals surface area contributed by atoms with Crippen LogP contribution in [0.5, 0.6) is 11.5 Å². The van der Waals surface area contributed by atoms with Gasteiger partial charge in [-0.15, -0.1) is 0 Å². The summed E-state index contributed by atoms with van der Waals surface area (Å²) >= 11 is 5.07. The smallest absolute Gasteiger partial charge is 0.266 e. The Kier molecular flexibility index (Phi) is 7.95. The lowest BCUT2D eigenvalue weighted by Crippen LogP contribution is -2.28. The number of hydrogen-bond acceptors (Lipinski definition) is 5. The molecule has 5 nitrogen and oxygen atoms in total. The van der Waals surface area contributed by atoms with Crippen molar-refractivity contribution in [2.24, 2.45) is 4.99 Å². The number of carbonyl (C=O) groups is 1. The highest BCUT2D eigenvalue weighted by atomic mass is 79.9. The molecule has 3 aromatic rings. The van der Waals surface area contributed by atoms with Crippen molar-refractivity contribution >= 4 is 55.6 Å². The summed E-state index contributed by atoms with van der Waals surface area (Å²) in [4.78, 5) is 19.7. The standard InChI is InChI=1S/C27H27BrN2O3S/c1-4-29-27-30(5-2)26(31)24(34-27)16-18-14-22(28)25(23(15-18)32-6-3)33-17-20-12-9-11-19-10-7-8-13-21(19)20/h7-16H,4-6,17H2,1-3H3/b24-16-,29-27?. The summed E-state index contributed by atoms with van der Waals surface area (Å²) in [6, 6.07) is 18.4. The molecule has 1 aliphatic rings. The molecule has 1 saturated heterocycles. The second-order valence-electron chi connectivity index (χ2n) is 7.61. The summed E-state index contributed by atoms with van der Waals surface area (Å²) in [7, 11) is 0. The maximum atomic E-state index is 12.8. The monoisotopic (exact) mass is 538 g/mol. The molecule has 0 bridgehead atoms. The van der Waals surface area contributed by atoms with Crippen molar-refractivity contribution in [3.8, 4) is 11.5 Å². The highest BCUT2D eigenvalue weighted by molar-refractivity contribution is 9.10. The topological polar surface area (TPSA) is 51.1 Å². The highest BCUT2D eigenvalue weighted by Gasteiger charge is 2.32. The van der Waals surface area contributed by atoms with E-state index in [4.69, 9.17) is 9.47 Å². The van der Waals surface area contributed by atoms with E-state index < -0.39 is 0 Å². The fraction of sp³-hybridized carbons (Fsp3) is 0.259. The molecule has 1 amide bonds. The number of rotatable bonds is 8. The van der Waals surface area contributed by atoms with Crippen molar-refractivity contribution in [1.82, 2.24) is 4.90 Å². The van der Waals surface area contributed by atoms with Crippen LogP contribution in [0.2, 0.25) is 0 Å². The Morgan fingerprint density at radius 3 is 2.62 bits per heavy atom. The number of halogens is 1. The number of nitrogens with zero attached hydrogens (tertiary/aromatic N) is 2. The first kappa shape index (κ1) is 24.4. The first-order valence-corrected chi connectivity index (χ1v) is 13.0. The molecule has 1 fully saturated rings. The van der Waals surface area contributed by atoms with Crippen molar-refractivity contribution in [3.05, 3.63) is 75.1 Å². The van der Waals surface area contributed by atoms with Gasteiger partial charge in [0.2, 0.25) is 0 Å². The van der Waals surface area contributed by atoms with Crippen molar-refractivity contribution in [3.63, 3.8) is 0 Å². The molecule has 1 aliphatic heterocycles. The molecule has 0 atom stereocenters. The number of benzene rings is 3. The zero-order valence-corrected chi connectivity index (χ0v) is 21.9. The number of hydrogen-bond donors (Lipinski definition) is 0. The zero-order chi connectivity index (χ0) is 24.1. The van der Waals surface area contributed by atoms with Crippen LogP contribution in [0.1, 0.15) is 31.9 Å². The minimum atomic E-state index is -0.0231. The maximum absolute atomic E-state index is 12.8. The molecule has 4 rings (SSSR count). The van der Waals surface area contributed by atoms with Crippen LogP contribution in [0.4, 0.5) is 0 Å². The van der Waals surface area contributed by atoms with Crippen LogP contribution in [0.15, 0.2) is 69.0 Å². The number of carbonyl (C=O) groups excluding carboxylic acids is 1. The Morgan fingerprint density at radius 2 is 1.85 bits per heavy atom. The number of fused-ring (bicyclic) bond motifs is 1. The quantitative estimate of drug-likeness (QED) is 0.293. The second-order valence-corrected chi connectivity index (χ2v) is 9.47. The number of amides is 1. The van der Waals surface area contributed by atoms with E-state index in [2.05, 4.69) is 45.2 Å². The molecule has 0 spiro atoms. The van der Waals surface area contributed by atoms with Gasteiger partial charge in [0.05, 0.1) is 16.0 Å². The van der Waals surface area contributed by atoms with Crippen molar-refractivity contribution in [1.29, 1.82) is 0 Å². The molecule has 0 N–H and O–H groups in total. The lowest BCUT2D eigenvalue weighted by Gasteiger charge is -2.16. The third kappa shape index (κ3) is 5.15. The van der Waals surface area contributed by atoms with Crippen LogP contribution in [0.3, 0.4) is 0 Å². The summed E-state index contributed by atoms with van der Waals surface area (Å²) in [6.07, 6.45) is 1.88. The maximum Gasteiger partial charge on any atom is 0.266 e. The molecule has 7 heteroatoms. The second kappa shape index (κ2) is 11.1. The normalized spacial score (nSPS) is 16.1. The number of amidine groups is 1. The minimum Gasteiger partial charge on any atom is -0.490 e. The number of thioether (sulfide) groups is 1. The van der Waals surface area contributed by atoms with Crippen molar-refractivity contribution in [2.75, 3.05) is 19.7 Å². The summed E-state index contributed by atoms with van der Waals surface area (Å²) in [5.41, 5.74) is 1.96. The summed E-state index contributed by atoms with van der Waals surface area (Å²) < 4.78 is 12.9. The SMILES string of the molecule is CCN=C1S/C(=C\c2cc(Br)c(OCc3cccc4ccccc34)c(OCC)c2)C(=O)N1CC. The van der Waals surface area contributed by atoms with E-state index in [1.807, 2.05) is 57.2 Å². The van der Waals surface area contributed by atoms with E-state index >= 15 is 0 Å². The van der Waals surface area contributed by atoms with Gasteiger partial charge >= 0.3 is 0 Å². The Morgan fingerprint density at radius 1 is 1.06 bits per heavy atom. The lowest BCUT2D eigenvalue weighted by atomic mass is 10.1. The van der Waals surface area contributed by atoms with Crippen LogP contribution >= 0.6 is 27.7 Å². The number of likely N-dealkylation sites (N-methyl/N-ethyl adjacent to an activating group) is 1. The molecule has 0 saturated carbocycles. The predicted molar refractivity (Wildman–Crippen MR) is 145 cm³/mol. The molecule has 0 unspecified atom stereocenters. The molecule has 0 aromatic heterocycles. The van der Waals surface area contributed by atoms with Gasteiger partial charge in [-0.2, -0.15) is 0 Å². The van der Waals surface area contributed by atoms with Gasteiger partial charge in [-0.3, -0.25) is 14.7 Å². The Balaban J connectivity index is 1.63. The molecular formula is C27H27BrN2O3S. The van der Waals surface area contributed by atoms with Crippen LogP contribution in [-0.2, 0) is 11.4 Å². The summed E-state index contributed by atoms with van der Waals surface area (Å²) in [6.45, 7) is 8.02. The van der Waals surface area contributed by atoms with Gasteiger partial charge in [0.25, 0.3) is 5.91 Å². The van der Waals surface area contributed by atoms with E-state index in [0.29, 0.717) is 42.7 Å². The molecular weight excluding hydrogens is 512 g/mol. The van der Waals surface area contributed by atoms with Crippen LogP contribution in [-0.4, -0.2) is 35.7 Å². The first-order valence-electron chi connectivity index (χ1n) is 11.4. The van der Waals surface area contributed by atoms with E-state index in [-0.39, 0.29) is 5.91 Å².